The largest absolute Gasteiger partial charge is 0.482 e. The van der Waals surface area contributed by atoms with Gasteiger partial charge >= 0.3 is 5.97 Å². The fourth-order valence-corrected chi connectivity index (χ4v) is 2.57. The zero-order chi connectivity index (χ0) is 16.7. The second-order valence-corrected chi connectivity index (χ2v) is 5.33. The van der Waals surface area contributed by atoms with E-state index in [0.29, 0.717) is 31.0 Å². The van der Waals surface area contributed by atoms with Crippen molar-refractivity contribution >= 4 is 11.9 Å². The molecule has 0 unspecified atom stereocenters. The van der Waals surface area contributed by atoms with Crippen molar-refractivity contribution in [3.05, 3.63) is 29.8 Å². The number of piperidine rings is 1. The van der Waals surface area contributed by atoms with Crippen LogP contribution in [0.25, 0.3) is 0 Å². The molecule has 1 aromatic rings. The van der Waals surface area contributed by atoms with Gasteiger partial charge in [-0.05, 0) is 31.9 Å². The number of para-hydroxylation sites is 1. The van der Waals surface area contributed by atoms with Gasteiger partial charge < -0.3 is 14.4 Å². The molecular weight excluding hydrogens is 296 g/mol. The van der Waals surface area contributed by atoms with E-state index in [1.807, 2.05) is 6.07 Å². The van der Waals surface area contributed by atoms with E-state index in [1.54, 1.807) is 36.1 Å². The Kier molecular flexibility index (Phi) is 5.98. The number of amides is 1. The number of hydrogen-bond acceptors (Lipinski definition) is 5. The van der Waals surface area contributed by atoms with E-state index in [9.17, 15) is 9.59 Å². The normalized spacial score (nSPS) is 17.2. The summed E-state index contributed by atoms with van der Waals surface area (Å²) in [7, 11) is 0. The van der Waals surface area contributed by atoms with E-state index >= 15 is 0 Å². The molecule has 2 rings (SSSR count). The quantitative estimate of drug-likeness (QED) is 0.773. The first-order chi connectivity index (χ1) is 11.2. The van der Waals surface area contributed by atoms with Crippen LogP contribution in [0, 0.1) is 17.2 Å². The van der Waals surface area contributed by atoms with E-state index in [2.05, 4.69) is 0 Å². The number of nitriles is 1. The summed E-state index contributed by atoms with van der Waals surface area (Å²) in [6, 6.07) is 8.80. The number of carbonyl (C=O) groups is 2. The molecule has 1 aliphatic rings. The minimum atomic E-state index is -0.265. The van der Waals surface area contributed by atoms with Gasteiger partial charge in [0.1, 0.15) is 11.8 Å². The topological polar surface area (TPSA) is 79.6 Å². The average molecular weight is 316 g/mol. The standard InChI is InChI=1S/C17H20N2O4/c1-2-22-17(21)14-7-5-9-19(11-14)16(20)12-23-15-8-4-3-6-13(15)10-18/h3-4,6,8,14H,2,5,7,9,11-12H2,1H3/t14-/m0/s1. The maximum atomic E-state index is 12.3. The molecule has 1 heterocycles. The highest BCUT2D eigenvalue weighted by Crippen LogP contribution is 2.19. The Morgan fingerprint density at radius 1 is 1.39 bits per heavy atom. The van der Waals surface area contributed by atoms with Crippen LogP contribution in [-0.4, -0.2) is 43.1 Å². The molecule has 0 aliphatic carbocycles. The van der Waals surface area contributed by atoms with Crippen LogP contribution in [0.3, 0.4) is 0 Å². The molecule has 23 heavy (non-hydrogen) atoms. The predicted molar refractivity (Wildman–Crippen MR) is 82.6 cm³/mol. The molecule has 1 amide bonds. The van der Waals surface area contributed by atoms with Crippen molar-refractivity contribution in [3.8, 4) is 11.8 Å². The molecule has 1 aliphatic heterocycles. The van der Waals surface area contributed by atoms with Crippen molar-refractivity contribution < 1.29 is 19.1 Å². The zero-order valence-electron chi connectivity index (χ0n) is 13.2. The molecule has 6 heteroatoms. The van der Waals surface area contributed by atoms with E-state index in [1.165, 1.54) is 0 Å². The molecule has 0 N–H and O–H groups in total. The van der Waals surface area contributed by atoms with E-state index < -0.39 is 0 Å². The predicted octanol–water partition coefficient (Wildman–Crippen LogP) is 1.74. The van der Waals surface area contributed by atoms with Crippen molar-refractivity contribution in [3.63, 3.8) is 0 Å². The lowest BCUT2D eigenvalue weighted by molar-refractivity contribution is -0.151. The molecule has 0 bridgehead atoms. The Morgan fingerprint density at radius 2 is 2.17 bits per heavy atom. The SMILES string of the molecule is CCOC(=O)[C@H]1CCCN(C(=O)COc2ccccc2C#N)C1. The Balaban J connectivity index is 1.90. The van der Waals surface area contributed by atoms with Crippen LogP contribution in [0.2, 0.25) is 0 Å². The van der Waals surface area contributed by atoms with Crippen LogP contribution in [0.4, 0.5) is 0 Å². The molecule has 1 aromatic carbocycles. The lowest BCUT2D eigenvalue weighted by Gasteiger charge is -2.31. The van der Waals surface area contributed by atoms with Crippen molar-refractivity contribution in [2.75, 3.05) is 26.3 Å². The number of ether oxygens (including phenoxy) is 2. The summed E-state index contributed by atoms with van der Waals surface area (Å²) in [6.45, 7) is 2.94. The van der Waals surface area contributed by atoms with Crippen molar-refractivity contribution in [1.82, 2.24) is 4.90 Å². The van der Waals surface area contributed by atoms with Crippen molar-refractivity contribution in [2.45, 2.75) is 19.8 Å². The molecule has 0 saturated carbocycles. The van der Waals surface area contributed by atoms with Gasteiger partial charge in [0.25, 0.3) is 5.91 Å². The van der Waals surface area contributed by atoms with Crippen LogP contribution < -0.4 is 4.74 Å². The molecule has 0 spiro atoms. The highest BCUT2D eigenvalue weighted by Gasteiger charge is 2.29. The minimum Gasteiger partial charge on any atom is -0.482 e. The molecule has 0 aromatic heterocycles. The van der Waals surface area contributed by atoms with Gasteiger partial charge in [-0.1, -0.05) is 12.1 Å². The third-order valence-electron chi connectivity index (χ3n) is 3.75. The van der Waals surface area contributed by atoms with Gasteiger partial charge in [0.15, 0.2) is 6.61 Å². The van der Waals surface area contributed by atoms with E-state index in [-0.39, 0.29) is 24.4 Å². The van der Waals surface area contributed by atoms with Gasteiger partial charge in [0, 0.05) is 13.1 Å². The maximum Gasteiger partial charge on any atom is 0.310 e. The number of rotatable bonds is 5. The third-order valence-corrected chi connectivity index (χ3v) is 3.75. The zero-order valence-corrected chi connectivity index (χ0v) is 13.2. The molecule has 1 saturated heterocycles. The van der Waals surface area contributed by atoms with Crippen LogP contribution in [0.1, 0.15) is 25.3 Å². The van der Waals surface area contributed by atoms with Gasteiger partial charge in [0.05, 0.1) is 18.1 Å². The number of likely N-dealkylation sites (tertiary alicyclic amines) is 1. The monoisotopic (exact) mass is 316 g/mol. The molecule has 1 fully saturated rings. The average Bonchev–Trinajstić information content (AvgIpc) is 2.60. The van der Waals surface area contributed by atoms with Gasteiger partial charge in [0.2, 0.25) is 0 Å². The second kappa shape index (κ2) is 8.18. The van der Waals surface area contributed by atoms with Crippen molar-refractivity contribution in [1.29, 1.82) is 5.26 Å². The smallest absolute Gasteiger partial charge is 0.310 e. The number of benzene rings is 1. The molecular formula is C17H20N2O4. The van der Waals surface area contributed by atoms with Crippen LogP contribution in [0.5, 0.6) is 5.75 Å². The highest BCUT2D eigenvalue weighted by atomic mass is 16.5. The maximum absolute atomic E-state index is 12.3. The van der Waals surface area contributed by atoms with Crippen LogP contribution in [-0.2, 0) is 14.3 Å². The van der Waals surface area contributed by atoms with Gasteiger partial charge in [-0.25, -0.2) is 0 Å². The Bertz CT molecular complexity index is 609. The first-order valence-corrected chi connectivity index (χ1v) is 7.72. The summed E-state index contributed by atoms with van der Waals surface area (Å²) in [4.78, 5) is 25.7. The summed E-state index contributed by atoms with van der Waals surface area (Å²) >= 11 is 0. The fourth-order valence-electron chi connectivity index (χ4n) is 2.57. The summed E-state index contributed by atoms with van der Waals surface area (Å²) in [5.41, 5.74) is 0.392. The van der Waals surface area contributed by atoms with Gasteiger partial charge in [-0.3, -0.25) is 9.59 Å². The minimum absolute atomic E-state index is 0.145. The molecule has 6 nitrogen and oxygen atoms in total. The molecule has 0 radical (unpaired) electrons. The Labute approximate surface area is 135 Å². The number of hydrogen-bond donors (Lipinski definition) is 0. The number of esters is 1. The summed E-state index contributed by atoms with van der Waals surface area (Å²) < 4.78 is 10.5. The summed E-state index contributed by atoms with van der Waals surface area (Å²) in [5.74, 6) is -0.311. The first kappa shape index (κ1) is 16.8. The Hall–Kier alpha value is -2.55. The third kappa shape index (κ3) is 4.46. The Morgan fingerprint density at radius 3 is 2.91 bits per heavy atom. The van der Waals surface area contributed by atoms with Gasteiger partial charge in [-0.2, -0.15) is 5.26 Å². The molecule has 1 atom stereocenters. The first-order valence-electron chi connectivity index (χ1n) is 7.72. The number of nitrogens with zero attached hydrogens (tertiary/aromatic N) is 2. The second-order valence-electron chi connectivity index (χ2n) is 5.33. The highest BCUT2D eigenvalue weighted by molar-refractivity contribution is 5.79. The lowest BCUT2D eigenvalue weighted by atomic mass is 9.98. The lowest BCUT2D eigenvalue weighted by Crippen LogP contribution is -2.44. The number of carbonyl (C=O) groups excluding carboxylic acids is 2. The fraction of sp³-hybridized carbons (Fsp3) is 0.471. The van der Waals surface area contributed by atoms with E-state index in [0.717, 1.165) is 12.8 Å². The van der Waals surface area contributed by atoms with Gasteiger partial charge in [-0.15, -0.1) is 0 Å². The van der Waals surface area contributed by atoms with Crippen molar-refractivity contribution in [2.24, 2.45) is 5.92 Å². The summed E-state index contributed by atoms with van der Waals surface area (Å²) in [5, 5.41) is 9.00. The van der Waals surface area contributed by atoms with E-state index in [4.69, 9.17) is 14.7 Å². The molecule has 122 valence electrons. The van der Waals surface area contributed by atoms with Crippen LogP contribution >= 0.6 is 0 Å². The van der Waals surface area contributed by atoms with Crippen LogP contribution in [0.15, 0.2) is 24.3 Å². The summed E-state index contributed by atoms with van der Waals surface area (Å²) in [6.07, 6.45) is 1.50.